The number of rotatable bonds is 4. The number of likely N-dealkylation sites (tertiary alicyclic amines) is 1. The van der Waals surface area contributed by atoms with Crippen molar-refractivity contribution >= 4 is 21.7 Å². The highest BCUT2D eigenvalue weighted by atomic mass is 32.2. The molecule has 2 amide bonds. The van der Waals surface area contributed by atoms with Crippen LogP contribution in [-0.2, 0) is 24.3 Å². The van der Waals surface area contributed by atoms with Crippen molar-refractivity contribution in [2.45, 2.75) is 42.2 Å². The number of likely N-dealkylation sites (N-methyl/N-ethyl adjacent to an activating group) is 1. The summed E-state index contributed by atoms with van der Waals surface area (Å²) < 4.78 is 25.2. The highest BCUT2D eigenvalue weighted by molar-refractivity contribution is 7.91. The highest BCUT2D eigenvalue weighted by Gasteiger charge is 2.66. The maximum atomic E-state index is 12.6. The number of sulfone groups is 1. The zero-order valence-electron chi connectivity index (χ0n) is 14.6. The number of imide groups is 1. The minimum Gasteiger partial charge on any atom is -0.284 e. The highest BCUT2D eigenvalue weighted by Crippen LogP contribution is 2.51. The van der Waals surface area contributed by atoms with E-state index in [9.17, 15) is 18.0 Å². The molecule has 4 rings (SSSR count). The molecule has 1 aromatic rings. The van der Waals surface area contributed by atoms with Gasteiger partial charge in [-0.05, 0) is 25.0 Å². The Hall–Kier alpha value is -1.77. The van der Waals surface area contributed by atoms with Gasteiger partial charge in [0.25, 0.3) is 5.91 Å². The number of fused-ring (bicyclic) bond motifs is 2. The molecule has 1 saturated carbocycles. The van der Waals surface area contributed by atoms with Crippen LogP contribution in [0.15, 0.2) is 35.2 Å². The topological polar surface area (TPSA) is 84.0 Å². The molecule has 7 nitrogen and oxygen atoms in total. The van der Waals surface area contributed by atoms with E-state index in [1.165, 1.54) is 7.05 Å². The summed E-state index contributed by atoms with van der Waals surface area (Å²) >= 11 is 0. The molecule has 0 bridgehead atoms. The SMILES string of the molecule is CN1C(=O)[C@H]2ON(CCS(=O)(=O)c3ccccc3)C3(CCCC3)[C@H]2C1=O. The van der Waals surface area contributed by atoms with Gasteiger partial charge < -0.3 is 0 Å². The van der Waals surface area contributed by atoms with Crippen molar-refractivity contribution < 1.29 is 22.8 Å². The maximum absolute atomic E-state index is 12.6. The van der Waals surface area contributed by atoms with Crippen molar-refractivity contribution in [3.63, 3.8) is 0 Å². The number of carbonyl (C=O) groups excluding carboxylic acids is 2. The molecule has 1 aliphatic carbocycles. The smallest absolute Gasteiger partial charge is 0.261 e. The minimum absolute atomic E-state index is 0.115. The minimum atomic E-state index is -3.46. The molecule has 2 saturated heterocycles. The molecule has 1 aromatic carbocycles. The zero-order chi connectivity index (χ0) is 18.5. The molecule has 2 atom stereocenters. The van der Waals surface area contributed by atoms with Crippen LogP contribution in [-0.4, -0.2) is 61.2 Å². The van der Waals surface area contributed by atoms with Crippen molar-refractivity contribution in [1.82, 2.24) is 9.96 Å². The molecular formula is C18H22N2O5S. The number of carbonyl (C=O) groups is 2. The predicted octanol–water partition coefficient (Wildman–Crippen LogP) is 1.00. The summed E-state index contributed by atoms with van der Waals surface area (Å²) in [4.78, 5) is 32.2. The van der Waals surface area contributed by atoms with Crippen LogP contribution < -0.4 is 0 Å². The van der Waals surface area contributed by atoms with Gasteiger partial charge >= 0.3 is 0 Å². The van der Waals surface area contributed by atoms with Gasteiger partial charge in [0.2, 0.25) is 5.91 Å². The average Bonchev–Trinajstić information content (AvgIpc) is 3.30. The van der Waals surface area contributed by atoms with Gasteiger partial charge in [0.05, 0.1) is 22.1 Å². The van der Waals surface area contributed by atoms with Crippen LogP contribution in [0, 0.1) is 5.92 Å². The Morgan fingerprint density at radius 2 is 1.77 bits per heavy atom. The molecule has 2 heterocycles. The molecule has 8 heteroatoms. The Labute approximate surface area is 152 Å². The molecule has 26 heavy (non-hydrogen) atoms. The van der Waals surface area contributed by atoms with Crippen LogP contribution in [0.5, 0.6) is 0 Å². The molecule has 0 aromatic heterocycles. The average molecular weight is 378 g/mol. The zero-order valence-corrected chi connectivity index (χ0v) is 15.4. The van der Waals surface area contributed by atoms with Crippen molar-refractivity contribution in [3.05, 3.63) is 30.3 Å². The first-order valence-corrected chi connectivity index (χ1v) is 10.6. The van der Waals surface area contributed by atoms with E-state index in [0.717, 1.165) is 30.6 Å². The molecule has 0 radical (unpaired) electrons. The fourth-order valence-electron chi connectivity index (χ4n) is 4.57. The lowest BCUT2D eigenvalue weighted by molar-refractivity contribution is -0.192. The van der Waals surface area contributed by atoms with E-state index in [2.05, 4.69) is 0 Å². The normalized spacial score (nSPS) is 28.3. The van der Waals surface area contributed by atoms with Gasteiger partial charge in [-0.2, -0.15) is 5.06 Å². The monoisotopic (exact) mass is 378 g/mol. The Balaban J connectivity index is 1.58. The lowest BCUT2D eigenvalue weighted by Gasteiger charge is -2.35. The van der Waals surface area contributed by atoms with E-state index in [0.29, 0.717) is 0 Å². The van der Waals surface area contributed by atoms with E-state index in [-0.39, 0.29) is 29.0 Å². The summed E-state index contributed by atoms with van der Waals surface area (Å²) in [5.41, 5.74) is -0.561. The third-order valence-electron chi connectivity index (χ3n) is 5.92. The second-order valence-corrected chi connectivity index (χ2v) is 9.39. The van der Waals surface area contributed by atoms with Crippen LogP contribution in [0.2, 0.25) is 0 Å². The molecule has 3 aliphatic rings. The van der Waals surface area contributed by atoms with Crippen LogP contribution in [0.4, 0.5) is 0 Å². The molecule has 0 unspecified atom stereocenters. The molecule has 140 valence electrons. The molecule has 2 aliphatic heterocycles. The Morgan fingerprint density at radius 3 is 2.42 bits per heavy atom. The number of hydrogen-bond acceptors (Lipinski definition) is 6. The van der Waals surface area contributed by atoms with Crippen LogP contribution >= 0.6 is 0 Å². The first-order valence-electron chi connectivity index (χ1n) is 8.90. The number of hydrogen-bond donors (Lipinski definition) is 0. The Morgan fingerprint density at radius 1 is 1.12 bits per heavy atom. The van der Waals surface area contributed by atoms with Gasteiger partial charge in [0.1, 0.15) is 0 Å². The van der Waals surface area contributed by atoms with Crippen LogP contribution in [0.1, 0.15) is 25.7 Å². The number of nitrogens with zero attached hydrogens (tertiary/aromatic N) is 2. The lowest BCUT2D eigenvalue weighted by Crippen LogP contribution is -2.50. The van der Waals surface area contributed by atoms with E-state index in [1.807, 2.05) is 0 Å². The maximum Gasteiger partial charge on any atom is 0.261 e. The summed E-state index contributed by atoms with van der Waals surface area (Å²) in [6, 6.07) is 8.29. The lowest BCUT2D eigenvalue weighted by atomic mass is 9.80. The fourth-order valence-corrected chi connectivity index (χ4v) is 5.78. The number of hydroxylamine groups is 2. The van der Waals surface area contributed by atoms with E-state index >= 15 is 0 Å². The second kappa shape index (κ2) is 6.14. The molecular weight excluding hydrogens is 356 g/mol. The third kappa shape index (κ3) is 2.51. The van der Waals surface area contributed by atoms with Gasteiger partial charge in [-0.25, -0.2) is 8.42 Å². The van der Waals surface area contributed by atoms with Crippen molar-refractivity contribution in [3.8, 4) is 0 Å². The molecule has 0 N–H and O–H groups in total. The molecule has 3 fully saturated rings. The Bertz CT molecular complexity index is 832. The summed E-state index contributed by atoms with van der Waals surface area (Å²) in [7, 11) is -1.97. The second-order valence-electron chi connectivity index (χ2n) is 7.28. The number of amides is 2. The quantitative estimate of drug-likeness (QED) is 0.727. The van der Waals surface area contributed by atoms with Gasteiger partial charge in [0, 0.05) is 13.6 Å². The summed E-state index contributed by atoms with van der Waals surface area (Å²) in [6.45, 7) is 0.147. The van der Waals surface area contributed by atoms with Crippen molar-refractivity contribution in [2.75, 3.05) is 19.3 Å². The van der Waals surface area contributed by atoms with Crippen LogP contribution in [0.3, 0.4) is 0 Å². The largest absolute Gasteiger partial charge is 0.284 e. The van der Waals surface area contributed by atoms with Crippen molar-refractivity contribution in [1.29, 1.82) is 0 Å². The van der Waals surface area contributed by atoms with Gasteiger partial charge in [-0.3, -0.25) is 19.3 Å². The van der Waals surface area contributed by atoms with Gasteiger partial charge in [-0.1, -0.05) is 31.0 Å². The van der Waals surface area contributed by atoms with Crippen LogP contribution in [0.25, 0.3) is 0 Å². The summed E-state index contributed by atoms with van der Waals surface area (Å²) in [5.74, 6) is -1.19. The standard InChI is InChI=1S/C18H22N2O5S/c1-19-16(21)14-15(17(19)22)25-20(18(14)9-5-6-10-18)11-12-26(23,24)13-7-3-2-4-8-13/h2-4,7-8,14-15H,5-6,9-12H2,1H3/t14-,15+/m1/s1. The third-order valence-corrected chi connectivity index (χ3v) is 7.64. The van der Waals surface area contributed by atoms with Gasteiger partial charge in [0.15, 0.2) is 15.9 Å². The van der Waals surface area contributed by atoms with E-state index < -0.39 is 27.4 Å². The molecule has 1 spiro atoms. The fraction of sp³-hybridized carbons (Fsp3) is 0.556. The first-order chi connectivity index (χ1) is 12.4. The van der Waals surface area contributed by atoms with Crippen molar-refractivity contribution in [2.24, 2.45) is 5.92 Å². The van der Waals surface area contributed by atoms with E-state index in [4.69, 9.17) is 4.84 Å². The number of benzene rings is 1. The van der Waals surface area contributed by atoms with Gasteiger partial charge in [-0.15, -0.1) is 0 Å². The summed E-state index contributed by atoms with van der Waals surface area (Å²) in [6.07, 6.45) is 2.56. The predicted molar refractivity (Wildman–Crippen MR) is 92.5 cm³/mol. The first kappa shape index (κ1) is 17.6. The summed E-state index contributed by atoms with van der Waals surface area (Å²) in [5, 5.41) is 1.64. The Kier molecular flexibility index (Phi) is 4.17. The van der Waals surface area contributed by atoms with E-state index in [1.54, 1.807) is 35.4 Å².